The molecular weight excluding hydrogens is 296 g/mol. The van der Waals surface area contributed by atoms with E-state index in [0.29, 0.717) is 12.5 Å². The van der Waals surface area contributed by atoms with Crippen molar-refractivity contribution in [3.8, 4) is 0 Å². The molecule has 0 bridgehead atoms. The first kappa shape index (κ1) is 12.4. The van der Waals surface area contributed by atoms with E-state index in [1.807, 2.05) is 0 Å². The first-order chi connectivity index (χ1) is 8.09. The summed E-state index contributed by atoms with van der Waals surface area (Å²) >= 11 is 2.83. The van der Waals surface area contributed by atoms with Crippen molar-refractivity contribution in [1.82, 2.24) is 5.48 Å². The number of benzene rings is 1. The molecule has 0 radical (unpaired) electrons. The number of amides is 1. The second-order valence-corrected chi connectivity index (χ2v) is 4.70. The van der Waals surface area contributed by atoms with Gasteiger partial charge in [0.2, 0.25) is 0 Å². The third-order valence-corrected chi connectivity index (χ3v) is 3.24. The molecule has 1 N–H and O–H groups in total. The molecule has 92 valence electrons. The molecule has 3 nitrogen and oxygen atoms in total. The van der Waals surface area contributed by atoms with Crippen LogP contribution in [0.2, 0.25) is 0 Å². The van der Waals surface area contributed by atoms with Gasteiger partial charge in [0.05, 0.1) is 16.6 Å². The van der Waals surface area contributed by atoms with Gasteiger partial charge in [-0.3, -0.25) is 9.63 Å². The highest BCUT2D eigenvalue weighted by Gasteiger charge is 2.22. The van der Waals surface area contributed by atoms with Crippen LogP contribution in [-0.2, 0) is 4.84 Å². The van der Waals surface area contributed by atoms with Crippen LogP contribution in [0.5, 0.6) is 0 Å². The summed E-state index contributed by atoms with van der Waals surface area (Å²) in [5.41, 5.74) is 2.20. The number of carbonyl (C=O) groups excluding carboxylic acids is 1. The Labute approximate surface area is 105 Å². The second kappa shape index (κ2) is 5.10. The molecule has 6 heteroatoms. The zero-order chi connectivity index (χ0) is 12.4. The molecule has 1 aliphatic rings. The highest BCUT2D eigenvalue weighted by molar-refractivity contribution is 9.10. The Balaban J connectivity index is 2.00. The fraction of sp³-hybridized carbons (Fsp3) is 0.364. The lowest BCUT2D eigenvalue weighted by Crippen LogP contribution is -2.25. The normalized spacial score (nSPS) is 14.8. The van der Waals surface area contributed by atoms with E-state index in [0.717, 1.165) is 18.9 Å². The van der Waals surface area contributed by atoms with Crippen molar-refractivity contribution in [1.29, 1.82) is 0 Å². The lowest BCUT2D eigenvalue weighted by molar-refractivity contribution is 0.0269. The number of carbonyl (C=O) groups is 1. The van der Waals surface area contributed by atoms with Crippen LogP contribution in [0.1, 0.15) is 23.2 Å². The van der Waals surface area contributed by atoms with Gasteiger partial charge in [0.25, 0.3) is 5.91 Å². The molecule has 0 aromatic heterocycles. The van der Waals surface area contributed by atoms with Crippen LogP contribution in [0.4, 0.5) is 8.78 Å². The number of hydrogen-bond donors (Lipinski definition) is 1. The SMILES string of the molecule is O=C(NOCC1CC1)c1ccc(F)c(F)c1Br. The molecule has 17 heavy (non-hydrogen) atoms. The van der Waals surface area contributed by atoms with Crippen LogP contribution in [0.15, 0.2) is 16.6 Å². The van der Waals surface area contributed by atoms with Gasteiger partial charge in [-0.25, -0.2) is 14.3 Å². The van der Waals surface area contributed by atoms with Crippen molar-refractivity contribution in [3.05, 3.63) is 33.8 Å². The van der Waals surface area contributed by atoms with Crippen molar-refractivity contribution < 1.29 is 18.4 Å². The third kappa shape index (κ3) is 3.01. The number of hydrogen-bond acceptors (Lipinski definition) is 2. The van der Waals surface area contributed by atoms with Crippen LogP contribution in [0, 0.1) is 17.6 Å². The lowest BCUT2D eigenvalue weighted by Gasteiger charge is -2.07. The smallest absolute Gasteiger partial charge is 0.273 e. The second-order valence-electron chi connectivity index (χ2n) is 3.91. The third-order valence-electron chi connectivity index (χ3n) is 2.46. The minimum absolute atomic E-state index is 0.000281. The van der Waals surface area contributed by atoms with Gasteiger partial charge < -0.3 is 0 Å². The summed E-state index contributed by atoms with van der Waals surface area (Å²) in [6.07, 6.45) is 2.20. The minimum atomic E-state index is -1.08. The van der Waals surface area contributed by atoms with Gasteiger partial charge in [-0.05, 0) is 46.8 Å². The topological polar surface area (TPSA) is 38.3 Å². The highest BCUT2D eigenvalue weighted by Crippen LogP contribution is 2.28. The zero-order valence-corrected chi connectivity index (χ0v) is 10.4. The Morgan fingerprint density at radius 2 is 2.18 bits per heavy atom. The van der Waals surface area contributed by atoms with Gasteiger partial charge in [-0.2, -0.15) is 0 Å². The summed E-state index contributed by atoms with van der Waals surface area (Å²) in [5, 5.41) is 0. The Bertz CT molecular complexity index is 449. The van der Waals surface area contributed by atoms with E-state index in [1.165, 1.54) is 6.07 Å². The van der Waals surface area contributed by atoms with Crippen LogP contribution in [0.3, 0.4) is 0 Å². The molecule has 0 aliphatic heterocycles. The fourth-order valence-electron chi connectivity index (χ4n) is 1.27. The number of nitrogens with one attached hydrogen (secondary N) is 1. The summed E-state index contributed by atoms with van der Waals surface area (Å²) in [4.78, 5) is 16.5. The molecule has 1 aliphatic carbocycles. The maximum Gasteiger partial charge on any atom is 0.276 e. The Hall–Kier alpha value is -1.01. The molecule has 0 saturated heterocycles. The summed E-state index contributed by atoms with van der Waals surface area (Å²) < 4.78 is 25.8. The van der Waals surface area contributed by atoms with Crippen LogP contribution in [-0.4, -0.2) is 12.5 Å². The molecule has 1 aromatic carbocycles. The van der Waals surface area contributed by atoms with Gasteiger partial charge in [-0.15, -0.1) is 0 Å². The van der Waals surface area contributed by atoms with Crippen LogP contribution < -0.4 is 5.48 Å². The first-order valence-corrected chi connectivity index (χ1v) is 5.94. The van der Waals surface area contributed by atoms with Crippen LogP contribution in [0.25, 0.3) is 0 Å². The summed E-state index contributed by atoms with van der Waals surface area (Å²) in [6, 6.07) is 2.09. The van der Waals surface area contributed by atoms with Crippen molar-refractivity contribution in [3.63, 3.8) is 0 Å². The van der Waals surface area contributed by atoms with Crippen molar-refractivity contribution >= 4 is 21.8 Å². The van der Waals surface area contributed by atoms with E-state index in [1.54, 1.807) is 0 Å². The molecule has 0 unspecified atom stereocenters. The average Bonchev–Trinajstić information content (AvgIpc) is 3.10. The molecular formula is C11H10BrF2NO2. The Kier molecular flexibility index (Phi) is 3.73. The van der Waals surface area contributed by atoms with Gasteiger partial charge in [-0.1, -0.05) is 0 Å². The predicted octanol–water partition coefficient (Wildman–Crippen LogP) is 2.80. The maximum absolute atomic E-state index is 13.2. The molecule has 1 amide bonds. The van der Waals surface area contributed by atoms with E-state index >= 15 is 0 Å². The first-order valence-electron chi connectivity index (χ1n) is 5.15. The Morgan fingerprint density at radius 1 is 1.47 bits per heavy atom. The number of hydroxylamine groups is 1. The maximum atomic E-state index is 13.2. The molecule has 1 fully saturated rings. The van der Waals surface area contributed by atoms with Gasteiger partial charge in [0, 0.05) is 0 Å². The predicted molar refractivity (Wildman–Crippen MR) is 60.2 cm³/mol. The van der Waals surface area contributed by atoms with E-state index in [9.17, 15) is 13.6 Å². The standard InChI is InChI=1S/C11H10BrF2NO2/c12-9-7(3-4-8(13)10(9)14)11(16)15-17-5-6-1-2-6/h3-4,6H,1-2,5H2,(H,15,16). The minimum Gasteiger partial charge on any atom is -0.273 e. The summed E-state index contributed by atoms with van der Waals surface area (Å²) in [5.74, 6) is -2.19. The molecule has 0 spiro atoms. The van der Waals surface area contributed by atoms with E-state index in [-0.39, 0.29) is 10.0 Å². The Morgan fingerprint density at radius 3 is 2.82 bits per heavy atom. The van der Waals surface area contributed by atoms with E-state index in [2.05, 4.69) is 21.4 Å². The monoisotopic (exact) mass is 305 g/mol. The quantitative estimate of drug-likeness (QED) is 0.686. The lowest BCUT2D eigenvalue weighted by atomic mass is 10.2. The molecule has 0 heterocycles. The summed E-state index contributed by atoms with van der Waals surface area (Å²) in [7, 11) is 0. The van der Waals surface area contributed by atoms with Gasteiger partial charge in [0.1, 0.15) is 0 Å². The zero-order valence-electron chi connectivity index (χ0n) is 8.80. The molecule has 1 aromatic rings. The van der Waals surface area contributed by atoms with E-state index in [4.69, 9.17) is 4.84 Å². The molecule has 1 saturated carbocycles. The van der Waals surface area contributed by atoms with Crippen molar-refractivity contribution in [2.45, 2.75) is 12.8 Å². The number of halogens is 3. The highest BCUT2D eigenvalue weighted by atomic mass is 79.9. The summed E-state index contributed by atoms with van der Waals surface area (Å²) in [6.45, 7) is 0.451. The molecule has 0 atom stereocenters. The van der Waals surface area contributed by atoms with E-state index < -0.39 is 17.5 Å². The van der Waals surface area contributed by atoms with Gasteiger partial charge in [0.15, 0.2) is 11.6 Å². The molecule has 2 rings (SSSR count). The van der Waals surface area contributed by atoms with Crippen LogP contribution >= 0.6 is 15.9 Å². The van der Waals surface area contributed by atoms with Gasteiger partial charge >= 0.3 is 0 Å². The average molecular weight is 306 g/mol. The largest absolute Gasteiger partial charge is 0.276 e. The van der Waals surface area contributed by atoms with Crippen molar-refractivity contribution in [2.75, 3.05) is 6.61 Å². The fourth-order valence-corrected chi connectivity index (χ4v) is 1.77. The number of rotatable bonds is 4. The van der Waals surface area contributed by atoms with Crippen molar-refractivity contribution in [2.24, 2.45) is 5.92 Å².